The zero-order valence-electron chi connectivity index (χ0n) is 10.7. The van der Waals surface area contributed by atoms with Crippen LogP contribution in [0.1, 0.15) is 5.56 Å². The maximum atomic E-state index is 11.7. The first-order valence-electron chi connectivity index (χ1n) is 5.85. The normalized spacial score (nSPS) is 10.2. The molecule has 1 aromatic carbocycles. The number of hydrogen-bond acceptors (Lipinski definition) is 3. The Morgan fingerprint density at radius 1 is 1.35 bits per heavy atom. The van der Waals surface area contributed by atoms with Gasteiger partial charge in [0.25, 0.3) is 5.91 Å². The van der Waals surface area contributed by atoms with E-state index in [9.17, 15) is 4.79 Å². The molecule has 0 aliphatic rings. The standard InChI is InChI=1S/C14H12Cl2N2O2/c1-9-5-11(7-17-14(9)16)18-13(19)8-20-12-4-2-3-10(15)6-12/h2-7H,8H2,1H3,(H,18,19). The number of benzene rings is 1. The van der Waals surface area contributed by atoms with Crippen molar-refractivity contribution < 1.29 is 9.53 Å². The molecule has 4 nitrogen and oxygen atoms in total. The van der Waals surface area contributed by atoms with E-state index in [0.717, 1.165) is 5.56 Å². The van der Waals surface area contributed by atoms with Crippen molar-refractivity contribution in [2.24, 2.45) is 0 Å². The van der Waals surface area contributed by atoms with Crippen LogP contribution < -0.4 is 10.1 Å². The van der Waals surface area contributed by atoms with E-state index in [1.54, 1.807) is 30.3 Å². The van der Waals surface area contributed by atoms with Crippen molar-refractivity contribution in [1.29, 1.82) is 0 Å². The summed E-state index contributed by atoms with van der Waals surface area (Å²) in [6.45, 7) is 1.70. The summed E-state index contributed by atoms with van der Waals surface area (Å²) in [5, 5.41) is 3.65. The predicted molar refractivity (Wildman–Crippen MR) is 79.6 cm³/mol. The van der Waals surface area contributed by atoms with E-state index in [4.69, 9.17) is 27.9 Å². The molecule has 0 radical (unpaired) electrons. The van der Waals surface area contributed by atoms with Gasteiger partial charge < -0.3 is 10.1 Å². The van der Waals surface area contributed by atoms with Crippen molar-refractivity contribution in [3.63, 3.8) is 0 Å². The second-order valence-electron chi connectivity index (χ2n) is 4.13. The van der Waals surface area contributed by atoms with Gasteiger partial charge in [0.2, 0.25) is 0 Å². The summed E-state index contributed by atoms with van der Waals surface area (Å²) in [4.78, 5) is 15.7. The fourth-order valence-corrected chi connectivity index (χ4v) is 1.81. The Morgan fingerprint density at radius 3 is 2.85 bits per heavy atom. The number of rotatable bonds is 4. The van der Waals surface area contributed by atoms with Gasteiger partial charge in [-0.05, 0) is 36.8 Å². The number of amides is 1. The number of nitrogens with zero attached hydrogens (tertiary/aromatic N) is 1. The van der Waals surface area contributed by atoms with Gasteiger partial charge in [-0.2, -0.15) is 0 Å². The topological polar surface area (TPSA) is 51.2 Å². The van der Waals surface area contributed by atoms with E-state index in [1.807, 2.05) is 6.92 Å². The third kappa shape index (κ3) is 4.11. The maximum absolute atomic E-state index is 11.7. The fraction of sp³-hybridized carbons (Fsp3) is 0.143. The van der Waals surface area contributed by atoms with Crippen LogP contribution in [-0.4, -0.2) is 17.5 Å². The van der Waals surface area contributed by atoms with Crippen molar-refractivity contribution in [3.8, 4) is 5.75 Å². The number of hydrogen-bond donors (Lipinski definition) is 1. The smallest absolute Gasteiger partial charge is 0.262 e. The van der Waals surface area contributed by atoms with Crippen molar-refractivity contribution in [1.82, 2.24) is 4.98 Å². The number of nitrogens with one attached hydrogen (secondary N) is 1. The molecule has 104 valence electrons. The molecule has 2 rings (SSSR count). The predicted octanol–water partition coefficient (Wildman–Crippen LogP) is 3.71. The van der Waals surface area contributed by atoms with Gasteiger partial charge in [-0.15, -0.1) is 0 Å². The fourth-order valence-electron chi connectivity index (χ4n) is 1.53. The van der Waals surface area contributed by atoms with Gasteiger partial charge in [-0.3, -0.25) is 4.79 Å². The first-order chi connectivity index (χ1) is 9.54. The Kier molecular flexibility index (Phi) is 4.82. The largest absolute Gasteiger partial charge is 0.484 e. The molecule has 20 heavy (non-hydrogen) atoms. The van der Waals surface area contributed by atoms with Crippen LogP contribution in [0.2, 0.25) is 10.2 Å². The van der Waals surface area contributed by atoms with Gasteiger partial charge >= 0.3 is 0 Å². The zero-order chi connectivity index (χ0) is 14.5. The van der Waals surface area contributed by atoms with Crippen molar-refractivity contribution in [2.45, 2.75) is 6.92 Å². The molecule has 0 spiro atoms. The van der Waals surface area contributed by atoms with E-state index < -0.39 is 0 Å². The maximum Gasteiger partial charge on any atom is 0.262 e. The molecule has 0 aliphatic carbocycles. The summed E-state index contributed by atoms with van der Waals surface area (Å²) in [5.74, 6) is 0.256. The first kappa shape index (κ1) is 14.6. The Hall–Kier alpha value is -1.78. The molecule has 1 aromatic heterocycles. The minimum absolute atomic E-state index is 0.109. The highest BCUT2D eigenvalue weighted by Gasteiger charge is 2.06. The molecule has 1 heterocycles. The highest BCUT2D eigenvalue weighted by Crippen LogP contribution is 2.18. The summed E-state index contributed by atoms with van der Waals surface area (Å²) in [6.07, 6.45) is 1.49. The van der Waals surface area contributed by atoms with E-state index in [0.29, 0.717) is 21.6 Å². The Balaban J connectivity index is 1.91. The number of carbonyl (C=O) groups excluding carboxylic acids is 1. The molecule has 0 aliphatic heterocycles. The lowest BCUT2D eigenvalue weighted by Gasteiger charge is -2.08. The van der Waals surface area contributed by atoms with Crippen molar-refractivity contribution >= 4 is 34.8 Å². The van der Waals surface area contributed by atoms with Crippen molar-refractivity contribution in [2.75, 3.05) is 11.9 Å². The molecule has 2 aromatic rings. The molecule has 1 N–H and O–H groups in total. The summed E-state index contributed by atoms with van der Waals surface area (Å²) < 4.78 is 5.33. The number of carbonyl (C=O) groups is 1. The van der Waals surface area contributed by atoms with Gasteiger partial charge in [0, 0.05) is 5.02 Å². The van der Waals surface area contributed by atoms with Crippen LogP contribution in [0.15, 0.2) is 36.5 Å². The Bertz CT molecular complexity index is 632. The molecule has 0 atom stereocenters. The highest BCUT2D eigenvalue weighted by molar-refractivity contribution is 6.30. The number of ether oxygens (including phenoxy) is 1. The molecule has 6 heteroatoms. The molecular weight excluding hydrogens is 299 g/mol. The van der Waals surface area contributed by atoms with Gasteiger partial charge in [0.05, 0.1) is 11.9 Å². The Labute approximate surface area is 126 Å². The number of halogens is 2. The first-order valence-corrected chi connectivity index (χ1v) is 6.60. The van der Waals surface area contributed by atoms with Crippen LogP contribution in [0.25, 0.3) is 0 Å². The van der Waals surface area contributed by atoms with Crippen LogP contribution in [0.3, 0.4) is 0 Å². The van der Waals surface area contributed by atoms with Gasteiger partial charge in [-0.1, -0.05) is 29.3 Å². The molecule has 1 amide bonds. The van der Waals surface area contributed by atoms with E-state index >= 15 is 0 Å². The summed E-state index contributed by atoms with van der Waals surface area (Å²) >= 11 is 11.6. The van der Waals surface area contributed by atoms with Gasteiger partial charge in [0.15, 0.2) is 6.61 Å². The quantitative estimate of drug-likeness (QED) is 0.876. The summed E-state index contributed by atoms with van der Waals surface area (Å²) in [7, 11) is 0. The van der Waals surface area contributed by atoms with E-state index in [1.165, 1.54) is 6.20 Å². The zero-order valence-corrected chi connectivity index (χ0v) is 12.2. The molecule has 0 fully saturated rings. The third-order valence-corrected chi connectivity index (χ3v) is 3.09. The SMILES string of the molecule is Cc1cc(NC(=O)COc2cccc(Cl)c2)cnc1Cl. The van der Waals surface area contributed by atoms with Crippen LogP contribution in [0.4, 0.5) is 5.69 Å². The monoisotopic (exact) mass is 310 g/mol. The molecule has 0 unspecified atom stereocenters. The lowest BCUT2D eigenvalue weighted by molar-refractivity contribution is -0.118. The molecule has 0 saturated carbocycles. The number of anilines is 1. The number of aromatic nitrogens is 1. The number of pyridine rings is 1. The average Bonchev–Trinajstić information content (AvgIpc) is 2.41. The lowest BCUT2D eigenvalue weighted by Crippen LogP contribution is -2.20. The highest BCUT2D eigenvalue weighted by atomic mass is 35.5. The van der Waals surface area contributed by atoms with Crippen LogP contribution in [0.5, 0.6) is 5.75 Å². The second-order valence-corrected chi connectivity index (χ2v) is 4.92. The molecular formula is C14H12Cl2N2O2. The van der Waals surface area contributed by atoms with Crippen LogP contribution in [0, 0.1) is 6.92 Å². The van der Waals surface area contributed by atoms with Crippen LogP contribution in [-0.2, 0) is 4.79 Å². The summed E-state index contributed by atoms with van der Waals surface area (Å²) in [5.41, 5.74) is 1.37. The van der Waals surface area contributed by atoms with Crippen LogP contribution >= 0.6 is 23.2 Å². The Morgan fingerprint density at radius 2 is 2.15 bits per heavy atom. The molecule has 0 bridgehead atoms. The van der Waals surface area contributed by atoms with Gasteiger partial charge in [-0.25, -0.2) is 4.98 Å². The number of aryl methyl sites for hydroxylation is 1. The third-order valence-electron chi connectivity index (χ3n) is 2.46. The van der Waals surface area contributed by atoms with E-state index in [-0.39, 0.29) is 12.5 Å². The minimum Gasteiger partial charge on any atom is -0.484 e. The second kappa shape index (κ2) is 6.59. The molecule has 0 saturated heterocycles. The van der Waals surface area contributed by atoms with Gasteiger partial charge in [0.1, 0.15) is 10.9 Å². The average molecular weight is 311 g/mol. The van der Waals surface area contributed by atoms with E-state index in [2.05, 4.69) is 10.3 Å². The summed E-state index contributed by atoms with van der Waals surface area (Å²) in [6, 6.07) is 8.60. The van der Waals surface area contributed by atoms with Crippen molar-refractivity contribution in [3.05, 3.63) is 52.3 Å². The lowest BCUT2D eigenvalue weighted by atomic mass is 10.3. The minimum atomic E-state index is -0.284.